The second kappa shape index (κ2) is 11.2. The van der Waals surface area contributed by atoms with Crippen LogP contribution >= 0.6 is 11.6 Å². The molecule has 3 aromatic rings. The van der Waals surface area contributed by atoms with Gasteiger partial charge in [0.25, 0.3) is 5.91 Å². The zero-order valence-corrected chi connectivity index (χ0v) is 21.8. The van der Waals surface area contributed by atoms with Crippen molar-refractivity contribution in [3.63, 3.8) is 0 Å². The summed E-state index contributed by atoms with van der Waals surface area (Å²) in [6.45, 7) is 1.99. The van der Waals surface area contributed by atoms with Crippen molar-refractivity contribution in [2.45, 2.75) is 24.8 Å². The second-order valence-corrected chi connectivity index (χ2v) is 10.5. The van der Waals surface area contributed by atoms with Crippen LogP contribution in [0.3, 0.4) is 0 Å². The van der Waals surface area contributed by atoms with Crippen LogP contribution in [0.2, 0.25) is 5.02 Å². The number of hydrogen-bond acceptors (Lipinski definition) is 6. The monoisotopic (exact) mass is 540 g/mol. The first-order chi connectivity index (χ1) is 17.7. The minimum Gasteiger partial charge on any atom is -0.465 e. The Morgan fingerprint density at radius 3 is 2.46 bits per heavy atom. The van der Waals surface area contributed by atoms with Gasteiger partial charge in [-0.2, -0.15) is 0 Å². The van der Waals surface area contributed by atoms with Gasteiger partial charge in [0.15, 0.2) is 0 Å². The molecule has 4 rings (SSSR count). The lowest BCUT2D eigenvalue weighted by atomic mass is 10.1. The lowest BCUT2D eigenvalue weighted by molar-refractivity contribution is -0.136. The number of methoxy groups -OCH3 is 1. The lowest BCUT2D eigenvalue weighted by Crippen LogP contribution is -2.27. The first-order valence-corrected chi connectivity index (χ1v) is 13.3. The van der Waals surface area contributed by atoms with E-state index in [0.29, 0.717) is 35.2 Å². The smallest absolute Gasteiger partial charge is 0.340 e. The number of carbonyl (C=O) groups excluding carboxylic acids is 2. The van der Waals surface area contributed by atoms with Gasteiger partial charge in [-0.05, 0) is 61.4 Å². The summed E-state index contributed by atoms with van der Waals surface area (Å²) >= 11 is 5.83. The third-order valence-corrected chi connectivity index (χ3v) is 7.57. The summed E-state index contributed by atoms with van der Waals surface area (Å²) in [5.74, 6) is -0.337. The van der Waals surface area contributed by atoms with Crippen LogP contribution in [-0.2, 0) is 37.3 Å². The zero-order valence-electron chi connectivity index (χ0n) is 20.2. The van der Waals surface area contributed by atoms with E-state index >= 15 is 0 Å². The van der Waals surface area contributed by atoms with Crippen molar-refractivity contribution < 1.29 is 27.2 Å². The van der Waals surface area contributed by atoms with Crippen LogP contribution in [0.15, 0.2) is 92.9 Å². The Balaban J connectivity index is 1.52. The number of nitrogens with one attached hydrogen (secondary N) is 1. The number of rotatable bonds is 9. The summed E-state index contributed by atoms with van der Waals surface area (Å²) in [4.78, 5) is 27.5. The predicted molar refractivity (Wildman–Crippen MR) is 139 cm³/mol. The lowest BCUT2D eigenvalue weighted by Gasteiger charge is -2.17. The van der Waals surface area contributed by atoms with Crippen LogP contribution in [0.25, 0.3) is 6.08 Å². The van der Waals surface area contributed by atoms with E-state index in [9.17, 15) is 18.0 Å². The van der Waals surface area contributed by atoms with Gasteiger partial charge in [-0.1, -0.05) is 41.9 Å². The highest BCUT2D eigenvalue weighted by Gasteiger charge is 2.37. The van der Waals surface area contributed by atoms with Gasteiger partial charge in [-0.3, -0.25) is 4.79 Å². The SMILES string of the molecule is COC(=O)C1=C(C)N(CCc2ccccc2)C(=O)/C1=C\c1ccc(CNS(=O)(=O)c2ccc(Cl)cc2)o1. The van der Waals surface area contributed by atoms with Crippen molar-refractivity contribution >= 4 is 39.6 Å². The molecule has 0 aliphatic carbocycles. The summed E-state index contributed by atoms with van der Waals surface area (Å²) in [5, 5.41) is 0.429. The maximum Gasteiger partial charge on any atom is 0.340 e. The van der Waals surface area contributed by atoms with Crippen LogP contribution < -0.4 is 4.72 Å². The topological polar surface area (TPSA) is 106 Å². The van der Waals surface area contributed by atoms with Crippen LogP contribution in [0.1, 0.15) is 24.0 Å². The van der Waals surface area contributed by atoms with Crippen LogP contribution in [-0.4, -0.2) is 38.8 Å². The molecule has 192 valence electrons. The number of carbonyl (C=O) groups is 2. The van der Waals surface area contributed by atoms with E-state index in [1.54, 1.807) is 24.0 Å². The maximum absolute atomic E-state index is 13.3. The molecule has 0 fully saturated rings. The molecule has 0 atom stereocenters. The van der Waals surface area contributed by atoms with Crippen molar-refractivity contribution in [1.82, 2.24) is 9.62 Å². The molecule has 0 unspecified atom stereocenters. The molecule has 8 nitrogen and oxygen atoms in total. The number of nitrogens with zero attached hydrogens (tertiary/aromatic N) is 1. The summed E-state index contributed by atoms with van der Waals surface area (Å²) in [6, 6.07) is 18.7. The van der Waals surface area contributed by atoms with Gasteiger partial charge in [0.05, 0.1) is 29.7 Å². The molecule has 2 heterocycles. The number of allylic oxidation sites excluding steroid dienone is 1. The molecule has 0 saturated carbocycles. The number of ether oxygens (including phenoxy) is 1. The molecule has 0 spiro atoms. The van der Waals surface area contributed by atoms with Gasteiger partial charge in [-0.25, -0.2) is 17.9 Å². The van der Waals surface area contributed by atoms with E-state index in [4.69, 9.17) is 20.8 Å². The summed E-state index contributed by atoms with van der Waals surface area (Å²) in [5.41, 5.74) is 1.89. The van der Waals surface area contributed by atoms with Crippen molar-refractivity contribution in [2.24, 2.45) is 0 Å². The third-order valence-electron chi connectivity index (χ3n) is 5.90. The molecular weight excluding hydrogens is 516 g/mol. The molecule has 1 N–H and O–H groups in total. The minimum atomic E-state index is -3.78. The quantitative estimate of drug-likeness (QED) is 0.320. The standard InChI is InChI=1S/C27H25ClN2O6S/c1-18-25(27(32)35-2)24(26(31)30(18)15-14-19-6-4-3-5-7-19)16-21-10-11-22(36-21)17-29-37(33,34)23-12-8-20(28)9-13-23/h3-13,16,29H,14-15,17H2,1-2H3/b24-16-. The fraction of sp³-hybridized carbons (Fsp3) is 0.185. The third kappa shape index (κ3) is 6.02. The van der Waals surface area contributed by atoms with E-state index in [-0.39, 0.29) is 28.5 Å². The Kier molecular flexibility index (Phi) is 7.97. The van der Waals surface area contributed by atoms with E-state index in [1.807, 2.05) is 30.3 Å². The van der Waals surface area contributed by atoms with Gasteiger partial charge < -0.3 is 14.1 Å². The number of furan rings is 1. The molecule has 1 aromatic heterocycles. The Bertz CT molecular complexity index is 1470. The van der Waals surface area contributed by atoms with Crippen molar-refractivity contribution in [2.75, 3.05) is 13.7 Å². The van der Waals surface area contributed by atoms with Crippen LogP contribution in [0, 0.1) is 0 Å². The van der Waals surface area contributed by atoms with Gasteiger partial charge in [-0.15, -0.1) is 0 Å². The largest absolute Gasteiger partial charge is 0.465 e. The fourth-order valence-electron chi connectivity index (χ4n) is 3.96. The zero-order chi connectivity index (χ0) is 26.6. The maximum atomic E-state index is 13.3. The molecule has 0 saturated heterocycles. The molecule has 2 aromatic carbocycles. The average Bonchev–Trinajstić information content (AvgIpc) is 3.44. The second-order valence-electron chi connectivity index (χ2n) is 8.28. The van der Waals surface area contributed by atoms with E-state index in [2.05, 4.69) is 4.72 Å². The van der Waals surface area contributed by atoms with Gasteiger partial charge in [0.2, 0.25) is 10.0 Å². The van der Waals surface area contributed by atoms with Crippen molar-refractivity contribution in [3.05, 3.63) is 106 Å². The molecule has 0 bridgehead atoms. The molecule has 0 radical (unpaired) electrons. The van der Waals surface area contributed by atoms with Gasteiger partial charge >= 0.3 is 5.97 Å². The van der Waals surface area contributed by atoms with Crippen LogP contribution in [0.4, 0.5) is 0 Å². The first-order valence-electron chi connectivity index (χ1n) is 11.4. The van der Waals surface area contributed by atoms with E-state index in [0.717, 1.165) is 5.56 Å². The highest BCUT2D eigenvalue weighted by atomic mass is 35.5. The number of amides is 1. The van der Waals surface area contributed by atoms with Crippen molar-refractivity contribution in [1.29, 1.82) is 0 Å². The highest BCUT2D eigenvalue weighted by Crippen LogP contribution is 2.32. The number of sulfonamides is 1. The molecule has 1 amide bonds. The molecule has 37 heavy (non-hydrogen) atoms. The fourth-order valence-corrected chi connectivity index (χ4v) is 5.07. The highest BCUT2D eigenvalue weighted by molar-refractivity contribution is 7.89. The number of benzene rings is 2. The number of halogens is 1. The summed E-state index contributed by atoms with van der Waals surface area (Å²) in [7, 11) is -2.52. The summed E-state index contributed by atoms with van der Waals surface area (Å²) in [6.07, 6.45) is 2.09. The normalized spacial score (nSPS) is 15.1. The number of hydrogen-bond donors (Lipinski definition) is 1. The molecule has 1 aliphatic heterocycles. The van der Waals surface area contributed by atoms with E-state index < -0.39 is 16.0 Å². The minimum absolute atomic E-state index is 0.0706. The Hall–Kier alpha value is -3.66. The Morgan fingerprint density at radius 2 is 1.78 bits per heavy atom. The Morgan fingerprint density at radius 1 is 1.08 bits per heavy atom. The predicted octanol–water partition coefficient (Wildman–Crippen LogP) is 4.33. The molecule has 1 aliphatic rings. The van der Waals surface area contributed by atoms with Gasteiger partial charge in [0, 0.05) is 17.3 Å². The van der Waals surface area contributed by atoms with E-state index in [1.165, 1.54) is 37.5 Å². The first kappa shape index (κ1) is 26.4. The number of esters is 1. The van der Waals surface area contributed by atoms with Crippen LogP contribution in [0.5, 0.6) is 0 Å². The molecular formula is C27H25ClN2O6S. The van der Waals surface area contributed by atoms with Gasteiger partial charge in [0.1, 0.15) is 11.5 Å². The average molecular weight is 541 g/mol. The molecule has 10 heteroatoms. The Labute approximate surface area is 220 Å². The van der Waals surface area contributed by atoms with Crippen molar-refractivity contribution in [3.8, 4) is 0 Å². The summed E-state index contributed by atoms with van der Waals surface area (Å²) < 4.78 is 38.2.